The van der Waals surface area contributed by atoms with E-state index in [1.807, 2.05) is 12.1 Å². The number of halogens is 2. The van der Waals surface area contributed by atoms with Gasteiger partial charge in [-0.2, -0.15) is 0 Å². The summed E-state index contributed by atoms with van der Waals surface area (Å²) >= 11 is 0. The lowest BCUT2D eigenvalue weighted by Gasteiger charge is -2.13. The second-order valence-corrected chi connectivity index (χ2v) is 4.61. The molecule has 1 heterocycles. The van der Waals surface area contributed by atoms with Crippen LogP contribution >= 0.6 is 0 Å². The third-order valence-corrected chi connectivity index (χ3v) is 2.74. The molecule has 0 amide bonds. The highest BCUT2D eigenvalue weighted by Gasteiger charge is 2.20. The average molecular weight is 244 g/mol. The third-order valence-electron chi connectivity index (χ3n) is 2.74. The van der Waals surface area contributed by atoms with Gasteiger partial charge in [-0.15, -0.1) is 0 Å². The first-order valence-electron chi connectivity index (χ1n) is 5.91. The summed E-state index contributed by atoms with van der Waals surface area (Å²) < 4.78 is 29.8. The fourth-order valence-electron chi connectivity index (χ4n) is 1.70. The lowest BCUT2D eigenvalue weighted by Crippen LogP contribution is -2.23. The van der Waals surface area contributed by atoms with Gasteiger partial charge in [0, 0.05) is 6.04 Å². The zero-order chi connectivity index (χ0) is 12.3. The predicted octanol–water partition coefficient (Wildman–Crippen LogP) is 2.23. The van der Waals surface area contributed by atoms with E-state index in [2.05, 4.69) is 5.32 Å². The van der Waals surface area contributed by atoms with E-state index in [0.717, 1.165) is 18.1 Å². The van der Waals surface area contributed by atoms with Crippen LogP contribution in [0.1, 0.15) is 24.4 Å². The lowest BCUT2D eigenvalue weighted by molar-refractivity contribution is 0.0944. The van der Waals surface area contributed by atoms with Crippen molar-refractivity contribution in [1.29, 1.82) is 0 Å². The minimum Gasteiger partial charge on any atom is -0.463 e. The monoisotopic (exact) mass is 244 g/mol. The summed E-state index contributed by atoms with van der Waals surface area (Å²) in [5.74, 6) is 1.61. The first kappa shape index (κ1) is 12.5. The van der Waals surface area contributed by atoms with Gasteiger partial charge >= 0.3 is 0 Å². The summed E-state index contributed by atoms with van der Waals surface area (Å²) in [7, 11) is 1.66. The zero-order valence-electron chi connectivity index (χ0n) is 9.96. The van der Waals surface area contributed by atoms with Gasteiger partial charge < -0.3 is 9.73 Å². The van der Waals surface area contributed by atoms with Gasteiger partial charge in [-0.1, -0.05) is 0 Å². The topological polar surface area (TPSA) is 28.4 Å². The Balaban J connectivity index is 1.76. The molecule has 1 N–H and O–H groups in total. The van der Waals surface area contributed by atoms with E-state index in [1.165, 1.54) is 12.8 Å². The van der Waals surface area contributed by atoms with Crippen LogP contribution in [0.5, 0.6) is 0 Å². The Hall–Kier alpha value is -0.940. The average Bonchev–Trinajstić information content (AvgIpc) is 2.96. The number of nitrogens with zero attached hydrogens (tertiary/aromatic N) is 1. The van der Waals surface area contributed by atoms with Crippen LogP contribution in [-0.4, -0.2) is 31.0 Å². The summed E-state index contributed by atoms with van der Waals surface area (Å²) in [6.45, 7) is 0.924. The summed E-state index contributed by atoms with van der Waals surface area (Å²) in [5, 5.41) is 3.34. The lowest BCUT2D eigenvalue weighted by atomic mass is 10.4. The summed E-state index contributed by atoms with van der Waals surface area (Å²) in [6, 6.07) is 4.40. The maximum atomic E-state index is 12.1. The van der Waals surface area contributed by atoms with Crippen LogP contribution < -0.4 is 5.32 Å². The Morgan fingerprint density at radius 2 is 2.12 bits per heavy atom. The van der Waals surface area contributed by atoms with Gasteiger partial charge in [0.25, 0.3) is 6.43 Å². The minimum atomic E-state index is -2.30. The number of nitrogens with one attached hydrogen (secondary N) is 1. The van der Waals surface area contributed by atoms with E-state index < -0.39 is 6.43 Å². The standard InChI is InChI=1S/C12H18F2N2O/c1-16(8-12(13)14)7-11-5-4-10(17-11)6-15-9-2-3-9/h4-5,9,12,15H,2-3,6-8H2,1H3. The minimum absolute atomic E-state index is 0.226. The summed E-state index contributed by atoms with van der Waals surface area (Å²) in [4.78, 5) is 1.56. The first-order chi connectivity index (χ1) is 8.13. The van der Waals surface area contributed by atoms with Crippen molar-refractivity contribution in [1.82, 2.24) is 10.2 Å². The molecule has 0 bridgehead atoms. The number of hydrogen-bond donors (Lipinski definition) is 1. The Morgan fingerprint density at radius 3 is 2.76 bits per heavy atom. The molecule has 5 heteroatoms. The molecule has 1 aromatic rings. The SMILES string of the molecule is CN(Cc1ccc(CNC2CC2)o1)CC(F)F. The molecule has 0 radical (unpaired) electrons. The molecule has 1 saturated carbocycles. The van der Waals surface area contributed by atoms with Crippen LogP contribution in [0.3, 0.4) is 0 Å². The maximum Gasteiger partial charge on any atom is 0.251 e. The number of furan rings is 1. The van der Waals surface area contributed by atoms with Crippen molar-refractivity contribution >= 4 is 0 Å². The van der Waals surface area contributed by atoms with E-state index in [0.29, 0.717) is 12.6 Å². The molecule has 0 unspecified atom stereocenters. The van der Waals surface area contributed by atoms with Crippen LogP contribution in [0.15, 0.2) is 16.5 Å². The van der Waals surface area contributed by atoms with Crippen LogP contribution in [0.2, 0.25) is 0 Å². The van der Waals surface area contributed by atoms with E-state index in [4.69, 9.17) is 4.42 Å². The molecular formula is C12H18F2N2O. The van der Waals surface area contributed by atoms with Crippen molar-refractivity contribution in [3.8, 4) is 0 Å². The van der Waals surface area contributed by atoms with Gasteiger partial charge in [0.1, 0.15) is 11.5 Å². The van der Waals surface area contributed by atoms with Crippen LogP contribution in [0, 0.1) is 0 Å². The predicted molar refractivity (Wildman–Crippen MR) is 60.9 cm³/mol. The maximum absolute atomic E-state index is 12.1. The molecule has 2 rings (SSSR count). The highest BCUT2D eigenvalue weighted by Crippen LogP contribution is 2.19. The van der Waals surface area contributed by atoms with Crippen LogP contribution in [0.25, 0.3) is 0 Å². The molecular weight excluding hydrogens is 226 g/mol. The van der Waals surface area contributed by atoms with Crippen LogP contribution in [-0.2, 0) is 13.1 Å². The second-order valence-electron chi connectivity index (χ2n) is 4.61. The molecule has 17 heavy (non-hydrogen) atoms. The fourth-order valence-corrected chi connectivity index (χ4v) is 1.70. The molecule has 96 valence electrons. The number of alkyl halides is 2. The van der Waals surface area contributed by atoms with Gasteiger partial charge in [-0.05, 0) is 32.0 Å². The van der Waals surface area contributed by atoms with E-state index in [9.17, 15) is 8.78 Å². The normalized spacial score (nSPS) is 16.1. The quantitative estimate of drug-likeness (QED) is 0.797. The Labute approximate surface area is 99.8 Å². The van der Waals surface area contributed by atoms with Gasteiger partial charge in [0.15, 0.2) is 0 Å². The van der Waals surface area contributed by atoms with Crippen molar-refractivity contribution in [2.24, 2.45) is 0 Å². The van der Waals surface area contributed by atoms with Crippen LogP contribution in [0.4, 0.5) is 8.78 Å². The van der Waals surface area contributed by atoms with Crippen molar-refractivity contribution in [3.63, 3.8) is 0 Å². The zero-order valence-corrected chi connectivity index (χ0v) is 9.96. The first-order valence-corrected chi connectivity index (χ1v) is 5.91. The van der Waals surface area contributed by atoms with E-state index in [-0.39, 0.29) is 6.54 Å². The number of hydrogen-bond acceptors (Lipinski definition) is 3. The summed E-state index contributed by atoms with van der Waals surface area (Å²) in [6.07, 6.45) is 0.182. The van der Waals surface area contributed by atoms with Crippen molar-refractivity contribution in [2.75, 3.05) is 13.6 Å². The van der Waals surface area contributed by atoms with Gasteiger partial charge in [0.05, 0.1) is 19.6 Å². The van der Waals surface area contributed by atoms with E-state index >= 15 is 0 Å². The molecule has 1 aliphatic rings. The second kappa shape index (κ2) is 5.60. The highest BCUT2D eigenvalue weighted by atomic mass is 19.3. The molecule has 0 atom stereocenters. The van der Waals surface area contributed by atoms with E-state index in [1.54, 1.807) is 11.9 Å². The van der Waals surface area contributed by atoms with Crippen molar-refractivity contribution in [2.45, 2.75) is 38.4 Å². The Bertz CT molecular complexity index is 350. The molecule has 1 aliphatic carbocycles. The smallest absolute Gasteiger partial charge is 0.251 e. The molecule has 3 nitrogen and oxygen atoms in total. The number of rotatable bonds is 7. The van der Waals surface area contributed by atoms with Crippen molar-refractivity contribution in [3.05, 3.63) is 23.7 Å². The molecule has 0 saturated heterocycles. The molecule has 0 aliphatic heterocycles. The van der Waals surface area contributed by atoms with Crippen molar-refractivity contribution < 1.29 is 13.2 Å². The molecule has 0 spiro atoms. The Morgan fingerprint density at radius 1 is 1.41 bits per heavy atom. The molecule has 1 fully saturated rings. The van der Waals surface area contributed by atoms with Gasteiger partial charge in [-0.25, -0.2) is 8.78 Å². The molecule has 1 aromatic heterocycles. The molecule has 0 aromatic carbocycles. The van der Waals surface area contributed by atoms with Gasteiger partial charge in [-0.3, -0.25) is 4.90 Å². The Kier molecular flexibility index (Phi) is 4.12. The largest absolute Gasteiger partial charge is 0.463 e. The summed E-state index contributed by atoms with van der Waals surface area (Å²) in [5.41, 5.74) is 0. The van der Waals surface area contributed by atoms with Gasteiger partial charge in [0.2, 0.25) is 0 Å². The fraction of sp³-hybridized carbons (Fsp3) is 0.667. The highest BCUT2D eigenvalue weighted by molar-refractivity contribution is 5.07. The third kappa shape index (κ3) is 4.44.